The average Bonchev–Trinajstić information content (AvgIpc) is 2.28. The largest absolute Gasteiger partial charge is 0.465 e. The third-order valence-corrected chi connectivity index (χ3v) is 3.28. The second-order valence-electron chi connectivity index (χ2n) is 5.60. The molecule has 0 fully saturated rings. The molecule has 0 bridgehead atoms. The van der Waals surface area contributed by atoms with E-state index in [0.717, 1.165) is 0 Å². The Morgan fingerprint density at radius 1 is 1.22 bits per heavy atom. The SMILES string of the molecule is CCOC(=O)C(C)(C)C(=O)CN(C)C(C)(C)CO. The number of rotatable bonds is 7. The van der Waals surface area contributed by atoms with Crippen LogP contribution in [0, 0.1) is 5.41 Å². The van der Waals surface area contributed by atoms with E-state index in [1.54, 1.807) is 32.7 Å². The molecule has 0 aliphatic carbocycles. The average molecular weight is 259 g/mol. The molecule has 0 spiro atoms. The van der Waals surface area contributed by atoms with E-state index in [2.05, 4.69) is 0 Å². The van der Waals surface area contributed by atoms with E-state index in [1.165, 1.54) is 0 Å². The predicted octanol–water partition coefficient (Wildman–Crippen LogP) is 0.847. The molecule has 0 aromatic rings. The zero-order chi connectivity index (χ0) is 14.6. The summed E-state index contributed by atoms with van der Waals surface area (Å²) in [5, 5.41) is 9.23. The van der Waals surface area contributed by atoms with Crippen LogP contribution >= 0.6 is 0 Å². The topological polar surface area (TPSA) is 66.8 Å². The monoisotopic (exact) mass is 259 g/mol. The number of Topliss-reactive ketones (excluding diaryl/α,β-unsaturated/α-hetero) is 1. The fourth-order valence-electron chi connectivity index (χ4n) is 1.17. The Bertz CT molecular complexity index is 310. The quantitative estimate of drug-likeness (QED) is 0.542. The Labute approximate surface area is 109 Å². The molecule has 0 atom stereocenters. The molecular formula is C13H25NO4. The summed E-state index contributed by atoms with van der Waals surface area (Å²) in [4.78, 5) is 25.6. The lowest BCUT2D eigenvalue weighted by atomic mass is 9.87. The van der Waals surface area contributed by atoms with Crippen LogP contribution in [0.1, 0.15) is 34.6 Å². The molecule has 1 N–H and O–H groups in total. The lowest BCUT2D eigenvalue weighted by Gasteiger charge is -2.35. The molecule has 106 valence electrons. The number of hydrogen-bond acceptors (Lipinski definition) is 5. The van der Waals surface area contributed by atoms with Gasteiger partial charge < -0.3 is 9.84 Å². The third kappa shape index (κ3) is 4.07. The van der Waals surface area contributed by atoms with Crippen molar-refractivity contribution in [1.82, 2.24) is 4.90 Å². The molecule has 0 saturated heterocycles. The first kappa shape index (κ1) is 17.1. The van der Waals surface area contributed by atoms with Gasteiger partial charge in [-0.05, 0) is 41.7 Å². The minimum absolute atomic E-state index is 0.0589. The lowest BCUT2D eigenvalue weighted by Crippen LogP contribution is -2.50. The molecule has 0 heterocycles. The molecule has 5 heteroatoms. The highest BCUT2D eigenvalue weighted by Gasteiger charge is 2.39. The van der Waals surface area contributed by atoms with Gasteiger partial charge in [-0.25, -0.2) is 0 Å². The molecule has 5 nitrogen and oxygen atoms in total. The molecule has 0 rings (SSSR count). The van der Waals surface area contributed by atoms with Gasteiger partial charge in [-0.15, -0.1) is 0 Å². The lowest BCUT2D eigenvalue weighted by molar-refractivity contribution is -0.158. The van der Waals surface area contributed by atoms with Gasteiger partial charge in [0.1, 0.15) is 5.41 Å². The number of carbonyl (C=O) groups excluding carboxylic acids is 2. The summed E-state index contributed by atoms with van der Waals surface area (Å²) in [6.07, 6.45) is 0. The predicted molar refractivity (Wildman–Crippen MR) is 69.2 cm³/mol. The first-order valence-electron chi connectivity index (χ1n) is 6.12. The standard InChI is InChI=1S/C13H25NO4/c1-7-18-11(17)13(4,5)10(16)8-14(6)12(2,3)9-15/h15H,7-9H2,1-6H3. The van der Waals surface area contributed by atoms with Crippen molar-refractivity contribution in [1.29, 1.82) is 0 Å². The van der Waals surface area contributed by atoms with Gasteiger partial charge in [-0.2, -0.15) is 0 Å². The molecule has 18 heavy (non-hydrogen) atoms. The molecule has 0 radical (unpaired) electrons. The number of ether oxygens (including phenoxy) is 1. The maximum atomic E-state index is 12.1. The van der Waals surface area contributed by atoms with Crippen LogP contribution in [0.3, 0.4) is 0 Å². The van der Waals surface area contributed by atoms with Crippen molar-refractivity contribution in [3.63, 3.8) is 0 Å². The molecule has 0 unspecified atom stereocenters. The minimum atomic E-state index is -1.16. The van der Waals surface area contributed by atoms with Crippen LogP contribution in [0.15, 0.2) is 0 Å². The molecular weight excluding hydrogens is 234 g/mol. The van der Waals surface area contributed by atoms with Crippen molar-refractivity contribution in [2.75, 3.05) is 26.8 Å². The molecule has 0 saturated carbocycles. The Balaban J connectivity index is 4.72. The van der Waals surface area contributed by atoms with Crippen LogP contribution < -0.4 is 0 Å². The van der Waals surface area contributed by atoms with Crippen molar-refractivity contribution < 1.29 is 19.4 Å². The van der Waals surface area contributed by atoms with E-state index in [-0.39, 0.29) is 25.5 Å². The van der Waals surface area contributed by atoms with Gasteiger partial charge in [-0.1, -0.05) is 0 Å². The molecule has 0 aromatic carbocycles. The summed E-state index contributed by atoms with van der Waals surface area (Å²) >= 11 is 0. The Morgan fingerprint density at radius 2 is 1.72 bits per heavy atom. The normalized spacial score (nSPS) is 12.7. The number of carbonyl (C=O) groups is 2. The van der Waals surface area contributed by atoms with Crippen molar-refractivity contribution in [3.8, 4) is 0 Å². The second-order valence-corrected chi connectivity index (χ2v) is 5.60. The van der Waals surface area contributed by atoms with Crippen LogP contribution in [-0.4, -0.2) is 54.1 Å². The second kappa shape index (κ2) is 6.29. The van der Waals surface area contributed by atoms with Gasteiger partial charge in [-0.3, -0.25) is 14.5 Å². The van der Waals surface area contributed by atoms with Crippen LogP contribution in [0.5, 0.6) is 0 Å². The molecule has 0 amide bonds. The molecule has 0 aliphatic rings. The summed E-state index contributed by atoms with van der Waals surface area (Å²) < 4.78 is 4.89. The van der Waals surface area contributed by atoms with E-state index in [9.17, 15) is 14.7 Å². The fraction of sp³-hybridized carbons (Fsp3) is 0.846. The number of esters is 1. The fourth-order valence-corrected chi connectivity index (χ4v) is 1.17. The van der Waals surface area contributed by atoms with Gasteiger partial charge >= 0.3 is 5.97 Å². The number of hydrogen-bond donors (Lipinski definition) is 1. The zero-order valence-corrected chi connectivity index (χ0v) is 12.2. The highest BCUT2D eigenvalue weighted by molar-refractivity contribution is 6.03. The first-order chi connectivity index (χ1) is 8.09. The van der Waals surface area contributed by atoms with Crippen LogP contribution in [0.4, 0.5) is 0 Å². The summed E-state index contributed by atoms with van der Waals surface area (Å²) in [6.45, 7) is 8.79. The Kier molecular flexibility index (Phi) is 5.96. The number of likely N-dealkylation sites (N-methyl/N-ethyl adjacent to an activating group) is 1. The first-order valence-corrected chi connectivity index (χ1v) is 6.12. The van der Waals surface area contributed by atoms with Crippen molar-refractivity contribution in [2.45, 2.75) is 40.2 Å². The van der Waals surface area contributed by atoms with Gasteiger partial charge in [0.25, 0.3) is 0 Å². The molecule has 0 aliphatic heterocycles. The summed E-state index contributed by atoms with van der Waals surface area (Å²) in [7, 11) is 1.75. The van der Waals surface area contributed by atoms with Gasteiger partial charge in [0.05, 0.1) is 19.8 Å². The highest BCUT2D eigenvalue weighted by atomic mass is 16.5. The van der Waals surface area contributed by atoms with Crippen molar-refractivity contribution in [2.24, 2.45) is 5.41 Å². The Hall–Kier alpha value is -0.940. The van der Waals surface area contributed by atoms with Crippen LogP contribution in [0.25, 0.3) is 0 Å². The maximum absolute atomic E-state index is 12.1. The van der Waals surface area contributed by atoms with E-state index in [1.807, 2.05) is 13.8 Å². The van der Waals surface area contributed by atoms with E-state index in [4.69, 9.17) is 4.74 Å². The minimum Gasteiger partial charge on any atom is -0.465 e. The third-order valence-electron chi connectivity index (χ3n) is 3.28. The Morgan fingerprint density at radius 3 is 2.11 bits per heavy atom. The van der Waals surface area contributed by atoms with Crippen LogP contribution in [0.2, 0.25) is 0 Å². The number of nitrogens with zero attached hydrogens (tertiary/aromatic N) is 1. The summed E-state index contributed by atoms with van der Waals surface area (Å²) in [5.74, 6) is -0.727. The van der Waals surface area contributed by atoms with E-state index in [0.29, 0.717) is 0 Å². The number of aliphatic hydroxyl groups is 1. The summed E-state index contributed by atoms with van der Waals surface area (Å²) in [6, 6.07) is 0. The van der Waals surface area contributed by atoms with Gasteiger partial charge in [0.15, 0.2) is 5.78 Å². The van der Waals surface area contributed by atoms with E-state index < -0.39 is 16.9 Å². The van der Waals surface area contributed by atoms with Crippen molar-refractivity contribution in [3.05, 3.63) is 0 Å². The maximum Gasteiger partial charge on any atom is 0.319 e. The summed E-state index contributed by atoms with van der Waals surface area (Å²) in [5.41, 5.74) is -1.66. The number of ketones is 1. The smallest absolute Gasteiger partial charge is 0.319 e. The molecule has 0 aromatic heterocycles. The van der Waals surface area contributed by atoms with Gasteiger partial charge in [0, 0.05) is 5.54 Å². The van der Waals surface area contributed by atoms with Crippen molar-refractivity contribution >= 4 is 11.8 Å². The van der Waals surface area contributed by atoms with E-state index >= 15 is 0 Å². The number of aliphatic hydroxyl groups excluding tert-OH is 1. The van der Waals surface area contributed by atoms with Gasteiger partial charge in [0.2, 0.25) is 0 Å². The van der Waals surface area contributed by atoms with Crippen LogP contribution in [-0.2, 0) is 14.3 Å². The highest BCUT2D eigenvalue weighted by Crippen LogP contribution is 2.21. The zero-order valence-electron chi connectivity index (χ0n) is 12.2.